The van der Waals surface area contributed by atoms with E-state index in [1.807, 2.05) is 34.1 Å². The van der Waals surface area contributed by atoms with Gasteiger partial charge >= 0.3 is 0 Å². The van der Waals surface area contributed by atoms with Gasteiger partial charge in [0.05, 0.1) is 24.1 Å². The molecule has 27 heavy (non-hydrogen) atoms. The molecule has 0 saturated heterocycles. The minimum Gasteiger partial charge on any atom is -0.376 e. The van der Waals surface area contributed by atoms with Crippen LogP contribution in [0.1, 0.15) is 31.5 Å². The standard InChI is InChI=1S/C22H28N4O/c1-15(2)10-21(27)23-12-19-13-24-22-20(17-8-6-16(3)7-9-17)11-18(25(4)5)14-26(19)22/h6-9,11,13-15H,10,12H2,1-5H3,(H,23,27). The first kappa shape index (κ1) is 19.0. The molecule has 0 aliphatic rings. The summed E-state index contributed by atoms with van der Waals surface area (Å²) in [5.74, 6) is 0.420. The largest absolute Gasteiger partial charge is 0.376 e. The van der Waals surface area contributed by atoms with Crippen molar-refractivity contribution in [2.75, 3.05) is 19.0 Å². The topological polar surface area (TPSA) is 49.6 Å². The number of hydrogen-bond donors (Lipinski definition) is 1. The third-order valence-corrected chi connectivity index (χ3v) is 4.61. The number of nitrogens with one attached hydrogen (secondary N) is 1. The van der Waals surface area contributed by atoms with Crippen LogP contribution in [0.15, 0.2) is 42.7 Å². The van der Waals surface area contributed by atoms with E-state index >= 15 is 0 Å². The molecule has 0 aliphatic carbocycles. The molecule has 0 saturated carbocycles. The van der Waals surface area contributed by atoms with Crippen molar-refractivity contribution in [3.8, 4) is 11.1 Å². The molecule has 1 amide bonds. The van der Waals surface area contributed by atoms with Crippen LogP contribution in [0.3, 0.4) is 0 Å². The van der Waals surface area contributed by atoms with Gasteiger partial charge in [0.15, 0.2) is 0 Å². The lowest BCUT2D eigenvalue weighted by molar-refractivity contribution is -0.121. The van der Waals surface area contributed by atoms with Crippen molar-refractivity contribution in [2.24, 2.45) is 5.92 Å². The predicted octanol–water partition coefficient (Wildman–Crippen LogP) is 4.04. The number of carbonyl (C=O) groups is 1. The van der Waals surface area contributed by atoms with E-state index < -0.39 is 0 Å². The highest BCUT2D eigenvalue weighted by molar-refractivity contribution is 5.81. The second kappa shape index (κ2) is 7.82. The van der Waals surface area contributed by atoms with Crippen LogP contribution in [-0.2, 0) is 11.3 Å². The van der Waals surface area contributed by atoms with Crippen LogP contribution in [0.25, 0.3) is 16.8 Å². The van der Waals surface area contributed by atoms with Crippen molar-refractivity contribution >= 4 is 17.2 Å². The van der Waals surface area contributed by atoms with Gasteiger partial charge in [-0.3, -0.25) is 9.20 Å². The molecule has 1 N–H and O–H groups in total. The third-order valence-electron chi connectivity index (χ3n) is 4.61. The Balaban J connectivity index is 2.00. The van der Waals surface area contributed by atoms with Crippen molar-refractivity contribution in [1.29, 1.82) is 0 Å². The molecule has 1 aromatic carbocycles. The van der Waals surface area contributed by atoms with Crippen LogP contribution >= 0.6 is 0 Å². The van der Waals surface area contributed by atoms with Crippen LogP contribution < -0.4 is 10.2 Å². The summed E-state index contributed by atoms with van der Waals surface area (Å²) in [6.07, 6.45) is 4.46. The van der Waals surface area contributed by atoms with Crippen molar-refractivity contribution in [1.82, 2.24) is 14.7 Å². The summed E-state index contributed by atoms with van der Waals surface area (Å²) < 4.78 is 2.08. The van der Waals surface area contributed by atoms with E-state index in [1.54, 1.807) is 0 Å². The molecule has 2 aromatic heterocycles. The number of pyridine rings is 1. The summed E-state index contributed by atoms with van der Waals surface area (Å²) in [6.45, 7) is 6.65. The maximum atomic E-state index is 12.0. The second-order valence-corrected chi connectivity index (χ2v) is 7.69. The number of imidazole rings is 1. The molecule has 5 nitrogen and oxygen atoms in total. The van der Waals surface area contributed by atoms with Crippen LogP contribution in [0.4, 0.5) is 5.69 Å². The molecule has 0 bridgehead atoms. The van der Waals surface area contributed by atoms with Gasteiger partial charge in [0, 0.05) is 32.3 Å². The van der Waals surface area contributed by atoms with Crippen LogP contribution in [0, 0.1) is 12.8 Å². The maximum Gasteiger partial charge on any atom is 0.220 e. The fourth-order valence-electron chi connectivity index (χ4n) is 3.07. The van der Waals surface area contributed by atoms with Crippen LogP contribution in [-0.4, -0.2) is 29.4 Å². The summed E-state index contributed by atoms with van der Waals surface area (Å²) in [4.78, 5) is 18.8. The van der Waals surface area contributed by atoms with E-state index in [9.17, 15) is 4.79 Å². The molecule has 3 rings (SSSR count). The monoisotopic (exact) mass is 364 g/mol. The highest BCUT2D eigenvalue weighted by Crippen LogP contribution is 2.29. The Bertz CT molecular complexity index is 939. The molecule has 0 unspecified atom stereocenters. The SMILES string of the molecule is Cc1ccc(-c2cc(N(C)C)cn3c(CNC(=O)CC(C)C)cnc23)cc1. The van der Waals surface area contributed by atoms with Crippen molar-refractivity contribution in [3.63, 3.8) is 0 Å². The molecular formula is C22H28N4O. The van der Waals surface area contributed by atoms with Crippen molar-refractivity contribution in [2.45, 2.75) is 33.7 Å². The molecule has 0 radical (unpaired) electrons. The molecule has 0 atom stereocenters. The van der Waals surface area contributed by atoms with Crippen molar-refractivity contribution < 1.29 is 4.79 Å². The number of benzene rings is 1. The van der Waals surface area contributed by atoms with Gasteiger partial charge in [-0.1, -0.05) is 43.7 Å². The zero-order valence-corrected chi connectivity index (χ0v) is 16.8. The maximum absolute atomic E-state index is 12.0. The summed E-state index contributed by atoms with van der Waals surface area (Å²) >= 11 is 0. The Morgan fingerprint density at radius 3 is 2.56 bits per heavy atom. The normalized spacial score (nSPS) is 11.2. The molecule has 142 valence electrons. The van der Waals surface area contributed by atoms with Gasteiger partial charge < -0.3 is 10.2 Å². The lowest BCUT2D eigenvalue weighted by atomic mass is 10.0. The molecule has 0 aliphatic heterocycles. The van der Waals surface area contributed by atoms with Gasteiger partial charge in [0.1, 0.15) is 5.65 Å². The smallest absolute Gasteiger partial charge is 0.220 e. The van der Waals surface area contributed by atoms with E-state index in [1.165, 1.54) is 5.56 Å². The van der Waals surface area contributed by atoms with Gasteiger partial charge in [0.25, 0.3) is 0 Å². The van der Waals surface area contributed by atoms with Crippen molar-refractivity contribution in [3.05, 3.63) is 54.0 Å². The summed E-state index contributed by atoms with van der Waals surface area (Å²) in [7, 11) is 4.06. The molecule has 0 spiro atoms. The molecule has 0 fully saturated rings. The number of amides is 1. The van der Waals surface area contributed by atoms with Gasteiger partial charge in [-0.2, -0.15) is 0 Å². The number of aromatic nitrogens is 2. The van der Waals surface area contributed by atoms with E-state index in [-0.39, 0.29) is 5.91 Å². The van der Waals surface area contributed by atoms with Crippen LogP contribution in [0.2, 0.25) is 0 Å². The van der Waals surface area contributed by atoms with E-state index in [0.29, 0.717) is 18.9 Å². The fraction of sp³-hybridized carbons (Fsp3) is 0.364. The number of aryl methyl sites for hydroxylation is 1. The summed E-state index contributed by atoms with van der Waals surface area (Å²) in [5.41, 5.74) is 6.41. The molecule has 3 aromatic rings. The Hall–Kier alpha value is -2.82. The number of carbonyl (C=O) groups excluding carboxylic acids is 1. The Morgan fingerprint density at radius 2 is 1.93 bits per heavy atom. The molecule has 2 heterocycles. The zero-order chi connectivity index (χ0) is 19.6. The number of fused-ring (bicyclic) bond motifs is 1. The molecular weight excluding hydrogens is 336 g/mol. The Kier molecular flexibility index (Phi) is 5.49. The first-order valence-electron chi connectivity index (χ1n) is 9.36. The minimum absolute atomic E-state index is 0.0717. The summed E-state index contributed by atoms with van der Waals surface area (Å²) in [5, 5.41) is 3.01. The highest BCUT2D eigenvalue weighted by Gasteiger charge is 2.13. The number of hydrogen-bond acceptors (Lipinski definition) is 3. The average molecular weight is 364 g/mol. The third kappa shape index (κ3) is 4.30. The number of rotatable bonds is 6. The van der Waals surface area contributed by atoms with Gasteiger partial charge in [0.2, 0.25) is 5.91 Å². The first-order chi connectivity index (χ1) is 12.8. The quantitative estimate of drug-likeness (QED) is 0.718. The lowest BCUT2D eigenvalue weighted by Crippen LogP contribution is -2.24. The van der Waals surface area contributed by atoms with E-state index in [2.05, 4.69) is 63.1 Å². The first-order valence-corrected chi connectivity index (χ1v) is 9.36. The van der Waals surface area contributed by atoms with E-state index in [0.717, 1.165) is 28.2 Å². The molecule has 5 heteroatoms. The fourth-order valence-corrected chi connectivity index (χ4v) is 3.07. The number of anilines is 1. The predicted molar refractivity (Wildman–Crippen MR) is 111 cm³/mol. The van der Waals surface area contributed by atoms with Crippen LogP contribution in [0.5, 0.6) is 0 Å². The zero-order valence-electron chi connectivity index (χ0n) is 16.8. The lowest BCUT2D eigenvalue weighted by Gasteiger charge is -2.16. The number of nitrogens with zero attached hydrogens (tertiary/aromatic N) is 3. The summed E-state index contributed by atoms with van der Waals surface area (Å²) in [6, 6.07) is 10.6. The minimum atomic E-state index is 0.0717. The second-order valence-electron chi connectivity index (χ2n) is 7.69. The Morgan fingerprint density at radius 1 is 1.22 bits per heavy atom. The highest BCUT2D eigenvalue weighted by atomic mass is 16.1. The Labute approximate surface area is 161 Å². The van der Waals surface area contributed by atoms with Gasteiger partial charge in [-0.25, -0.2) is 4.98 Å². The van der Waals surface area contributed by atoms with Gasteiger partial charge in [-0.15, -0.1) is 0 Å². The van der Waals surface area contributed by atoms with Gasteiger partial charge in [-0.05, 0) is 24.5 Å². The van der Waals surface area contributed by atoms with E-state index in [4.69, 9.17) is 0 Å². The average Bonchev–Trinajstić information content (AvgIpc) is 3.02.